The summed E-state index contributed by atoms with van der Waals surface area (Å²) in [6.45, 7) is 4.84. The highest BCUT2D eigenvalue weighted by Gasteiger charge is 2.34. The number of aromatic amines is 1. The molecule has 0 saturated heterocycles. The van der Waals surface area contributed by atoms with E-state index in [-0.39, 0.29) is 12.1 Å². The minimum atomic E-state index is -0.192. The third-order valence-corrected chi connectivity index (χ3v) is 6.60. The molecule has 0 saturated carbocycles. The van der Waals surface area contributed by atoms with Crippen molar-refractivity contribution in [2.45, 2.75) is 32.7 Å². The lowest BCUT2D eigenvalue weighted by Gasteiger charge is -2.36. The number of carbonyl (C=O) groups excluding carboxylic acids is 1. The first kappa shape index (κ1) is 21.1. The number of hydrogen-bond donors (Lipinski definition) is 2. The summed E-state index contributed by atoms with van der Waals surface area (Å²) in [6.07, 6.45) is 1.76. The second-order valence-electron chi connectivity index (χ2n) is 8.67. The number of nitrogens with zero attached hydrogens (tertiary/aromatic N) is 1. The minimum Gasteiger partial charge on any atom is -0.497 e. The number of benzene rings is 3. The first-order valence-electron chi connectivity index (χ1n) is 11.5. The van der Waals surface area contributed by atoms with Crippen molar-refractivity contribution in [1.29, 1.82) is 0 Å². The van der Waals surface area contributed by atoms with Crippen LogP contribution in [0.4, 0.5) is 10.5 Å². The third-order valence-electron chi connectivity index (χ3n) is 6.60. The molecule has 168 valence electrons. The minimum absolute atomic E-state index is 0.0910. The van der Waals surface area contributed by atoms with Crippen molar-refractivity contribution in [2.75, 3.05) is 19.0 Å². The molecule has 3 aromatic carbocycles. The van der Waals surface area contributed by atoms with Crippen LogP contribution in [-0.2, 0) is 12.8 Å². The Kier molecular flexibility index (Phi) is 5.55. The zero-order valence-corrected chi connectivity index (χ0v) is 19.3. The van der Waals surface area contributed by atoms with Crippen molar-refractivity contribution in [3.63, 3.8) is 0 Å². The van der Waals surface area contributed by atoms with E-state index >= 15 is 0 Å². The van der Waals surface area contributed by atoms with E-state index in [1.165, 1.54) is 16.7 Å². The lowest BCUT2D eigenvalue weighted by Crippen LogP contribution is -2.43. The van der Waals surface area contributed by atoms with Crippen molar-refractivity contribution in [1.82, 2.24) is 9.88 Å². The van der Waals surface area contributed by atoms with Crippen molar-refractivity contribution in [3.8, 4) is 5.75 Å². The molecule has 5 nitrogen and oxygen atoms in total. The van der Waals surface area contributed by atoms with Crippen molar-refractivity contribution >= 4 is 22.6 Å². The fraction of sp³-hybridized carbons (Fsp3) is 0.250. The molecule has 4 aromatic rings. The highest BCUT2D eigenvalue weighted by molar-refractivity contribution is 5.92. The van der Waals surface area contributed by atoms with Gasteiger partial charge in [0.05, 0.1) is 13.2 Å². The van der Waals surface area contributed by atoms with Crippen LogP contribution in [0, 0.1) is 6.92 Å². The molecule has 1 aromatic heterocycles. The number of methoxy groups -OCH3 is 1. The first-order valence-corrected chi connectivity index (χ1v) is 11.5. The quantitative estimate of drug-likeness (QED) is 0.396. The normalized spacial score (nSPS) is 15.4. The lowest BCUT2D eigenvalue weighted by atomic mass is 9.92. The van der Waals surface area contributed by atoms with Crippen molar-refractivity contribution < 1.29 is 9.53 Å². The maximum absolute atomic E-state index is 13.5. The molecule has 2 heterocycles. The molecule has 5 rings (SSSR count). The van der Waals surface area contributed by atoms with E-state index in [0.717, 1.165) is 46.4 Å². The smallest absolute Gasteiger partial charge is 0.322 e. The zero-order chi connectivity index (χ0) is 22.9. The van der Waals surface area contributed by atoms with Gasteiger partial charge in [-0.1, -0.05) is 48.9 Å². The number of hydrogen-bond acceptors (Lipinski definition) is 2. The van der Waals surface area contributed by atoms with Crippen LogP contribution in [0.25, 0.3) is 10.9 Å². The predicted octanol–water partition coefficient (Wildman–Crippen LogP) is 6.23. The summed E-state index contributed by atoms with van der Waals surface area (Å²) >= 11 is 0. The second kappa shape index (κ2) is 8.66. The molecule has 0 radical (unpaired) electrons. The number of aromatic nitrogens is 1. The fourth-order valence-electron chi connectivity index (χ4n) is 4.73. The maximum atomic E-state index is 13.5. The third kappa shape index (κ3) is 3.95. The van der Waals surface area contributed by atoms with Gasteiger partial charge in [0.25, 0.3) is 0 Å². The number of ether oxygens (including phenoxy) is 1. The molecule has 5 heteroatoms. The Balaban J connectivity index is 1.55. The summed E-state index contributed by atoms with van der Waals surface area (Å²) < 4.78 is 5.46. The van der Waals surface area contributed by atoms with Crippen LogP contribution in [0.5, 0.6) is 5.75 Å². The topological polar surface area (TPSA) is 57.4 Å². The van der Waals surface area contributed by atoms with Gasteiger partial charge in [-0.25, -0.2) is 4.79 Å². The Morgan fingerprint density at radius 1 is 1.09 bits per heavy atom. The van der Waals surface area contributed by atoms with Crippen LogP contribution in [0.2, 0.25) is 0 Å². The van der Waals surface area contributed by atoms with Crippen LogP contribution in [0.1, 0.15) is 40.9 Å². The summed E-state index contributed by atoms with van der Waals surface area (Å²) in [5.74, 6) is 0.840. The largest absolute Gasteiger partial charge is 0.497 e. The molecule has 1 aliphatic rings. The van der Waals surface area contributed by atoms with Crippen molar-refractivity contribution in [2.24, 2.45) is 0 Å². The predicted molar refractivity (Wildman–Crippen MR) is 133 cm³/mol. The van der Waals surface area contributed by atoms with E-state index in [1.54, 1.807) is 7.11 Å². The van der Waals surface area contributed by atoms with Gasteiger partial charge in [0.15, 0.2) is 0 Å². The number of carbonyl (C=O) groups is 1. The van der Waals surface area contributed by atoms with E-state index in [4.69, 9.17) is 4.74 Å². The molecule has 0 bridgehead atoms. The fourth-order valence-corrected chi connectivity index (χ4v) is 4.73. The zero-order valence-electron chi connectivity index (χ0n) is 19.3. The maximum Gasteiger partial charge on any atom is 0.322 e. The van der Waals surface area contributed by atoms with Gasteiger partial charge in [0.1, 0.15) is 5.75 Å². The molecule has 33 heavy (non-hydrogen) atoms. The van der Waals surface area contributed by atoms with Gasteiger partial charge in [-0.15, -0.1) is 0 Å². The second-order valence-corrected chi connectivity index (χ2v) is 8.67. The van der Waals surface area contributed by atoms with Gasteiger partial charge < -0.3 is 19.9 Å². The average molecular weight is 440 g/mol. The molecular weight excluding hydrogens is 410 g/mol. The number of H-pyrrole nitrogens is 1. The Morgan fingerprint density at radius 3 is 2.55 bits per heavy atom. The van der Waals surface area contributed by atoms with Gasteiger partial charge in [0.2, 0.25) is 0 Å². The summed E-state index contributed by atoms with van der Waals surface area (Å²) in [5, 5.41) is 4.27. The van der Waals surface area contributed by atoms with Crippen LogP contribution in [0.15, 0.2) is 66.7 Å². The number of nitrogens with one attached hydrogen (secondary N) is 2. The van der Waals surface area contributed by atoms with Gasteiger partial charge >= 0.3 is 6.03 Å². The Labute approximate surface area is 194 Å². The van der Waals surface area contributed by atoms with Gasteiger partial charge in [-0.2, -0.15) is 0 Å². The summed E-state index contributed by atoms with van der Waals surface area (Å²) in [4.78, 5) is 19.0. The van der Waals surface area contributed by atoms with Gasteiger partial charge in [-0.05, 0) is 66.8 Å². The Hall–Kier alpha value is -3.73. The molecule has 0 aliphatic carbocycles. The van der Waals surface area contributed by atoms with E-state index in [1.807, 2.05) is 23.1 Å². The van der Waals surface area contributed by atoms with Crippen LogP contribution in [0.3, 0.4) is 0 Å². The first-order chi connectivity index (χ1) is 16.1. The summed E-state index contributed by atoms with van der Waals surface area (Å²) in [7, 11) is 1.69. The Bertz CT molecular complexity index is 1290. The van der Waals surface area contributed by atoms with Gasteiger partial charge in [-0.3, -0.25) is 0 Å². The number of amides is 2. The number of fused-ring (bicyclic) bond motifs is 3. The van der Waals surface area contributed by atoms with E-state index in [2.05, 4.69) is 72.7 Å². The molecule has 2 amide bonds. The molecule has 0 fully saturated rings. The van der Waals surface area contributed by atoms with Crippen LogP contribution < -0.4 is 10.1 Å². The van der Waals surface area contributed by atoms with Crippen LogP contribution >= 0.6 is 0 Å². The standard InChI is InChI=1S/C28H29N3O2/c1-4-19-7-11-21(12-8-19)29-28(32)31-16-15-23-24-17-22(33-3)13-14-25(24)30-26(23)27(31)20-9-5-18(2)6-10-20/h5-14,17,27,30H,4,15-16H2,1-3H3,(H,29,32)/t27-/m0/s1. The lowest BCUT2D eigenvalue weighted by molar-refractivity contribution is 0.193. The van der Waals surface area contributed by atoms with E-state index < -0.39 is 0 Å². The van der Waals surface area contributed by atoms with Gasteiger partial charge in [0, 0.05) is 28.8 Å². The molecule has 0 spiro atoms. The monoisotopic (exact) mass is 439 g/mol. The number of urea groups is 1. The number of rotatable bonds is 4. The highest BCUT2D eigenvalue weighted by atomic mass is 16.5. The summed E-state index contributed by atoms with van der Waals surface area (Å²) in [6, 6.07) is 22.4. The van der Waals surface area contributed by atoms with Crippen LogP contribution in [-0.4, -0.2) is 29.6 Å². The molecule has 1 atom stereocenters. The highest BCUT2D eigenvalue weighted by Crippen LogP contribution is 2.39. The Morgan fingerprint density at radius 2 is 1.85 bits per heavy atom. The average Bonchev–Trinajstić information content (AvgIpc) is 3.22. The van der Waals surface area contributed by atoms with E-state index in [9.17, 15) is 4.79 Å². The summed E-state index contributed by atoms with van der Waals surface area (Å²) in [5.41, 5.74) is 7.75. The molecule has 0 unspecified atom stereocenters. The SMILES string of the molecule is CCc1ccc(NC(=O)N2CCc3c([nH]c4ccc(OC)cc34)[C@@H]2c2ccc(C)cc2)cc1. The number of anilines is 1. The molecule has 2 N–H and O–H groups in total. The molecular formula is C28H29N3O2. The number of aryl methyl sites for hydroxylation is 2. The van der Waals surface area contributed by atoms with E-state index in [0.29, 0.717) is 6.54 Å². The molecule has 1 aliphatic heterocycles. The van der Waals surface area contributed by atoms with Crippen molar-refractivity contribution in [3.05, 3.63) is 94.7 Å².